The summed E-state index contributed by atoms with van der Waals surface area (Å²) in [5, 5.41) is 0. The largest absolute Gasteiger partial charge is 0.631 e. The molecule has 1 atom stereocenters. The van der Waals surface area contributed by atoms with Crippen molar-refractivity contribution in [1.82, 2.24) is 0 Å². The molecule has 1 aliphatic rings. The molecule has 1 saturated heterocycles. The molecule has 0 amide bonds. The third-order valence-corrected chi connectivity index (χ3v) is 5.84. The van der Waals surface area contributed by atoms with Crippen molar-refractivity contribution in [2.45, 2.75) is 32.9 Å². The molecule has 0 spiro atoms. The molecule has 1 heterocycles. The highest BCUT2D eigenvalue weighted by Crippen LogP contribution is 2.62. The predicted octanol–water partition coefficient (Wildman–Crippen LogP) is 3.22. The number of carbonyl (C=O) groups excluding carboxylic acids is 1. The normalized spacial score (nSPS) is 20.7. The van der Waals surface area contributed by atoms with Crippen molar-refractivity contribution in [3.05, 3.63) is 42.0 Å². The van der Waals surface area contributed by atoms with Crippen LogP contribution < -0.4 is 4.89 Å². The molecule has 0 bridgehead atoms. The summed E-state index contributed by atoms with van der Waals surface area (Å²) in [7, 11) is -3.54. The minimum Gasteiger partial charge on any atom is -0.631 e. The van der Waals surface area contributed by atoms with E-state index in [1.807, 2.05) is 56.3 Å². The first-order chi connectivity index (χ1) is 11.4. The lowest BCUT2D eigenvalue weighted by atomic mass is 9.97. The lowest BCUT2D eigenvalue weighted by Gasteiger charge is -2.40. The van der Waals surface area contributed by atoms with Crippen molar-refractivity contribution in [2.24, 2.45) is 5.41 Å². The molecule has 2 rings (SSSR count). The van der Waals surface area contributed by atoms with E-state index in [9.17, 15) is 9.69 Å². The van der Waals surface area contributed by atoms with Gasteiger partial charge in [0.2, 0.25) is 5.66 Å². The molecule has 0 N–H and O–H groups in total. The molecule has 0 radical (unpaired) electrons. The van der Waals surface area contributed by atoms with Crippen molar-refractivity contribution in [2.75, 3.05) is 19.8 Å². The van der Waals surface area contributed by atoms with Gasteiger partial charge in [-0.1, -0.05) is 56.3 Å². The van der Waals surface area contributed by atoms with Crippen molar-refractivity contribution in [3.63, 3.8) is 0 Å². The number of carbonyl (C=O) groups is 1. The van der Waals surface area contributed by atoms with Crippen LogP contribution in [0.25, 0.3) is 6.08 Å². The number of ether oxygens (including phenoxy) is 1. The fourth-order valence-corrected chi connectivity index (χ4v) is 4.48. The van der Waals surface area contributed by atoms with E-state index in [1.165, 1.54) is 0 Å². The Kier molecular flexibility index (Phi) is 6.53. The molecule has 1 unspecified atom stereocenters. The SMILES string of the molecule is CCOC(=O)C(C/C=C/c1ccccc1)[P+]1([O-])OCC(C)(C)CO1. The molecule has 0 aromatic heterocycles. The first-order valence-electron chi connectivity index (χ1n) is 8.13. The van der Waals surface area contributed by atoms with Gasteiger partial charge in [-0.05, 0) is 12.5 Å². The quantitative estimate of drug-likeness (QED) is 0.581. The third kappa shape index (κ3) is 5.12. The number of allylic oxidation sites excluding steroid dienone is 1. The Morgan fingerprint density at radius 3 is 2.54 bits per heavy atom. The van der Waals surface area contributed by atoms with Gasteiger partial charge in [0.15, 0.2) is 0 Å². The maximum absolute atomic E-state index is 13.0. The van der Waals surface area contributed by atoms with Crippen LogP contribution in [0.15, 0.2) is 36.4 Å². The lowest BCUT2D eigenvalue weighted by Crippen LogP contribution is -2.42. The second-order valence-corrected chi connectivity index (χ2v) is 8.79. The summed E-state index contributed by atoms with van der Waals surface area (Å²) >= 11 is 0. The number of rotatable bonds is 6. The smallest absolute Gasteiger partial charge is 0.352 e. The van der Waals surface area contributed by atoms with Gasteiger partial charge < -0.3 is 9.63 Å². The summed E-state index contributed by atoms with van der Waals surface area (Å²) < 4.78 is 16.1. The fraction of sp³-hybridized carbons (Fsp3) is 0.500. The monoisotopic (exact) mass is 352 g/mol. The predicted molar refractivity (Wildman–Crippen MR) is 93.1 cm³/mol. The van der Waals surface area contributed by atoms with Gasteiger partial charge in [0.05, 0.1) is 6.61 Å². The van der Waals surface area contributed by atoms with Gasteiger partial charge in [-0.3, -0.25) is 0 Å². The fourth-order valence-electron chi connectivity index (χ4n) is 2.28. The Labute approximate surface area is 144 Å². The zero-order valence-electron chi connectivity index (χ0n) is 14.4. The summed E-state index contributed by atoms with van der Waals surface area (Å²) in [6.07, 6.45) is 3.93. The Morgan fingerprint density at radius 2 is 1.96 bits per heavy atom. The average Bonchev–Trinajstić information content (AvgIpc) is 2.56. The van der Waals surface area contributed by atoms with Gasteiger partial charge in [-0.2, -0.15) is 0 Å². The molecule has 1 aliphatic heterocycles. The minimum atomic E-state index is -3.54. The van der Waals surface area contributed by atoms with Gasteiger partial charge in [0, 0.05) is 11.8 Å². The van der Waals surface area contributed by atoms with Crippen LogP contribution in [0.1, 0.15) is 32.8 Å². The summed E-state index contributed by atoms with van der Waals surface area (Å²) in [4.78, 5) is 25.3. The lowest BCUT2D eigenvalue weighted by molar-refractivity contribution is -0.236. The van der Waals surface area contributed by atoms with Crippen LogP contribution in [-0.2, 0) is 18.6 Å². The standard InChI is InChI=1S/C18H25O5P/c1-4-21-17(19)16(12-8-11-15-9-6-5-7-10-15)24(20)22-13-18(2,3)14-23-24/h5-11,16H,4,12-14H2,1-3H3/b11-8+. The molecule has 24 heavy (non-hydrogen) atoms. The van der Waals surface area contributed by atoms with Crippen LogP contribution in [0.3, 0.4) is 0 Å². The maximum atomic E-state index is 13.0. The van der Waals surface area contributed by atoms with Crippen LogP contribution in [0.5, 0.6) is 0 Å². The first kappa shape index (κ1) is 19.1. The summed E-state index contributed by atoms with van der Waals surface area (Å²) in [5.74, 6) is -0.543. The molecule has 0 aliphatic carbocycles. The van der Waals surface area contributed by atoms with E-state index in [-0.39, 0.29) is 18.4 Å². The molecule has 0 saturated carbocycles. The van der Waals surface area contributed by atoms with E-state index in [0.29, 0.717) is 13.2 Å². The van der Waals surface area contributed by atoms with Gasteiger partial charge in [0.25, 0.3) is 7.94 Å². The van der Waals surface area contributed by atoms with Crippen LogP contribution >= 0.6 is 7.94 Å². The number of esters is 1. The van der Waals surface area contributed by atoms with Crippen molar-refractivity contribution < 1.29 is 23.5 Å². The second-order valence-electron chi connectivity index (χ2n) is 6.57. The summed E-state index contributed by atoms with van der Waals surface area (Å²) in [6.45, 7) is 6.46. The number of hydrogen-bond donors (Lipinski definition) is 0. The van der Waals surface area contributed by atoms with E-state index in [0.717, 1.165) is 5.56 Å². The van der Waals surface area contributed by atoms with Gasteiger partial charge in [-0.15, -0.1) is 0 Å². The van der Waals surface area contributed by atoms with E-state index < -0.39 is 19.6 Å². The molecule has 5 nitrogen and oxygen atoms in total. The molecular formula is C18H25O5P. The average molecular weight is 352 g/mol. The van der Waals surface area contributed by atoms with Crippen LogP contribution in [0.4, 0.5) is 0 Å². The maximum Gasteiger partial charge on any atom is 0.352 e. The molecule has 1 fully saturated rings. The highest BCUT2D eigenvalue weighted by atomic mass is 31.2. The van der Waals surface area contributed by atoms with Crippen molar-refractivity contribution in [1.29, 1.82) is 0 Å². The van der Waals surface area contributed by atoms with Gasteiger partial charge in [-0.25, -0.2) is 13.8 Å². The molecule has 132 valence electrons. The van der Waals surface area contributed by atoms with E-state index in [1.54, 1.807) is 6.92 Å². The number of benzene rings is 1. The molecule has 1 aromatic rings. The van der Waals surface area contributed by atoms with E-state index in [4.69, 9.17) is 13.8 Å². The second kappa shape index (κ2) is 8.21. The van der Waals surface area contributed by atoms with Crippen LogP contribution in [0.2, 0.25) is 0 Å². The summed E-state index contributed by atoms with van der Waals surface area (Å²) in [6, 6.07) is 9.70. The highest BCUT2D eigenvalue weighted by molar-refractivity contribution is 7.61. The number of hydrogen-bond acceptors (Lipinski definition) is 5. The summed E-state index contributed by atoms with van der Waals surface area (Å²) in [5.41, 5.74) is -0.147. The van der Waals surface area contributed by atoms with Gasteiger partial charge in [0.1, 0.15) is 13.2 Å². The van der Waals surface area contributed by atoms with Crippen molar-refractivity contribution in [3.8, 4) is 0 Å². The Balaban J connectivity index is 2.10. The van der Waals surface area contributed by atoms with Crippen molar-refractivity contribution >= 4 is 20.0 Å². The van der Waals surface area contributed by atoms with Crippen LogP contribution in [0, 0.1) is 5.41 Å². The molecule has 1 aromatic carbocycles. The topological polar surface area (TPSA) is 67.8 Å². The van der Waals surface area contributed by atoms with E-state index >= 15 is 0 Å². The Bertz CT molecular complexity index is 560. The Morgan fingerprint density at radius 1 is 1.33 bits per heavy atom. The van der Waals surface area contributed by atoms with Gasteiger partial charge >= 0.3 is 5.97 Å². The zero-order valence-corrected chi connectivity index (χ0v) is 15.3. The third-order valence-electron chi connectivity index (χ3n) is 3.68. The van der Waals surface area contributed by atoms with E-state index in [2.05, 4.69) is 0 Å². The highest BCUT2D eigenvalue weighted by Gasteiger charge is 2.51. The Hall–Kier alpha value is -1.26. The zero-order chi connectivity index (χ0) is 17.6. The molecule has 6 heteroatoms. The minimum absolute atomic E-state index is 0.215. The van der Waals surface area contributed by atoms with Crippen LogP contribution in [-0.4, -0.2) is 31.4 Å². The first-order valence-corrected chi connectivity index (χ1v) is 9.74. The molecular weight excluding hydrogens is 327 g/mol.